The molecule has 7 nitrogen and oxygen atoms in total. The molecule has 2 heterocycles. The molecule has 7 heteroatoms. The summed E-state index contributed by atoms with van der Waals surface area (Å²) in [7, 11) is 1.33. The summed E-state index contributed by atoms with van der Waals surface area (Å²) in [6.45, 7) is 2.14. The molecule has 2 aliphatic rings. The molecule has 30 heavy (non-hydrogen) atoms. The molecule has 1 amide bonds. The van der Waals surface area contributed by atoms with Crippen LogP contribution in [0.15, 0.2) is 53.5 Å². The highest BCUT2D eigenvalue weighted by atomic mass is 16.5. The number of anilines is 1. The third-order valence-electron chi connectivity index (χ3n) is 5.46. The van der Waals surface area contributed by atoms with Crippen molar-refractivity contribution in [3.8, 4) is 16.9 Å². The topological polar surface area (TPSA) is 80.2 Å². The second-order valence-electron chi connectivity index (χ2n) is 7.52. The summed E-state index contributed by atoms with van der Waals surface area (Å²) in [6, 6.07) is 16.2. The van der Waals surface area contributed by atoms with Crippen molar-refractivity contribution in [3.63, 3.8) is 0 Å². The second kappa shape index (κ2) is 8.98. The van der Waals surface area contributed by atoms with E-state index < -0.39 is 0 Å². The van der Waals surface area contributed by atoms with E-state index >= 15 is 0 Å². The number of amides is 1. The maximum absolute atomic E-state index is 12.0. The number of hydrogen-bond donors (Lipinski definition) is 1. The van der Waals surface area contributed by atoms with Gasteiger partial charge in [0.15, 0.2) is 0 Å². The van der Waals surface area contributed by atoms with Crippen LogP contribution in [-0.4, -0.2) is 51.1 Å². The molecule has 0 saturated carbocycles. The molecular formula is C23H25N3O4. The number of methoxy groups -OCH3 is 1. The first-order chi connectivity index (χ1) is 14.6. The summed E-state index contributed by atoms with van der Waals surface area (Å²) >= 11 is 0. The van der Waals surface area contributed by atoms with Gasteiger partial charge in [-0.1, -0.05) is 24.3 Å². The molecule has 1 N–H and O–H groups in total. The summed E-state index contributed by atoms with van der Waals surface area (Å²) in [5.41, 5.74) is 3.38. The van der Waals surface area contributed by atoms with Crippen molar-refractivity contribution in [3.05, 3.63) is 48.5 Å². The van der Waals surface area contributed by atoms with Crippen LogP contribution >= 0.6 is 0 Å². The number of carbonyl (C=O) groups is 2. The van der Waals surface area contributed by atoms with Gasteiger partial charge in [0.2, 0.25) is 5.91 Å². The molecule has 1 saturated heterocycles. The molecule has 0 unspecified atom stereocenters. The van der Waals surface area contributed by atoms with Crippen molar-refractivity contribution in [2.24, 2.45) is 10.9 Å². The normalized spacial score (nSPS) is 20.3. The standard InChI is InChI=1S/C23H25N3O4/c1-29-22(27)13-18-12-19(25-23(18)28)14-30-21-8-4-17(5-9-21)16-2-6-20(7-3-16)26-11-10-24-15-26/h2-9,15,18-19H,10-14H2,1H3,(H,25,28)/t18-,19-/m0/s1. The van der Waals surface area contributed by atoms with E-state index in [0.29, 0.717) is 13.0 Å². The van der Waals surface area contributed by atoms with Crippen LogP contribution < -0.4 is 15.0 Å². The van der Waals surface area contributed by atoms with Crippen LogP contribution in [0.1, 0.15) is 12.8 Å². The summed E-state index contributed by atoms with van der Waals surface area (Å²) in [5, 5.41) is 2.88. The Labute approximate surface area is 175 Å². The van der Waals surface area contributed by atoms with Crippen molar-refractivity contribution in [2.75, 3.05) is 31.7 Å². The molecule has 0 aromatic heterocycles. The van der Waals surface area contributed by atoms with Gasteiger partial charge in [0.25, 0.3) is 0 Å². The van der Waals surface area contributed by atoms with Gasteiger partial charge in [-0.25, -0.2) is 0 Å². The summed E-state index contributed by atoms with van der Waals surface area (Å²) in [4.78, 5) is 29.7. The summed E-state index contributed by atoms with van der Waals surface area (Å²) < 4.78 is 10.5. The van der Waals surface area contributed by atoms with Crippen molar-refractivity contribution >= 4 is 23.9 Å². The highest BCUT2D eigenvalue weighted by Gasteiger charge is 2.34. The van der Waals surface area contributed by atoms with E-state index in [0.717, 1.165) is 35.7 Å². The van der Waals surface area contributed by atoms with Crippen LogP contribution in [0.5, 0.6) is 5.75 Å². The number of ether oxygens (including phenoxy) is 2. The molecule has 156 valence electrons. The van der Waals surface area contributed by atoms with Crippen LogP contribution in [-0.2, 0) is 14.3 Å². The van der Waals surface area contributed by atoms with Gasteiger partial charge in [0.1, 0.15) is 12.4 Å². The lowest BCUT2D eigenvalue weighted by atomic mass is 10.0. The van der Waals surface area contributed by atoms with Crippen LogP contribution in [0.25, 0.3) is 11.1 Å². The molecule has 0 aliphatic carbocycles. The van der Waals surface area contributed by atoms with Crippen LogP contribution in [0.3, 0.4) is 0 Å². The Morgan fingerprint density at radius 3 is 2.47 bits per heavy atom. The number of nitrogens with one attached hydrogen (secondary N) is 1. The first-order valence-electron chi connectivity index (χ1n) is 10.1. The van der Waals surface area contributed by atoms with Crippen molar-refractivity contribution < 1.29 is 19.1 Å². The predicted octanol–water partition coefficient (Wildman–Crippen LogP) is 2.65. The second-order valence-corrected chi connectivity index (χ2v) is 7.52. The quantitative estimate of drug-likeness (QED) is 0.714. The van der Waals surface area contributed by atoms with Crippen LogP contribution in [0.2, 0.25) is 0 Å². The molecule has 2 aliphatic heterocycles. The summed E-state index contributed by atoms with van der Waals surface area (Å²) in [6.07, 6.45) is 2.56. The van der Waals surface area contributed by atoms with E-state index in [1.165, 1.54) is 7.11 Å². The van der Waals surface area contributed by atoms with Gasteiger partial charge in [0, 0.05) is 12.2 Å². The molecule has 2 atom stereocenters. The first kappa shape index (κ1) is 19.9. The Hall–Kier alpha value is -3.35. The Balaban J connectivity index is 1.30. The number of aliphatic imine (C=N–C) groups is 1. The Morgan fingerprint density at radius 1 is 1.13 bits per heavy atom. The van der Waals surface area contributed by atoms with Crippen molar-refractivity contribution in [1.82, 2.24) is 5.32 Å². The largest absolute Gasteiger partial charge is 0.491 e. The Morgan fingerprint density at radius 2 is 1.83 bits per heavy atom. The third kappa shape index (κ3) is 4.62. The molecular weight excluding hydrogens is 382 g/mol. The average Bonchev–Trinajstić information content (AvgIpc) is 3.43. The third-order valence-corrected chi connectivity index (χ3v) is 5.46. The highest BCUT2D eigenvalue weighted by Crippen LogP contribution is 2.26. The number of rotatable bonds is 7. The smallest absolute Gasteiger partial charge is 0.306 e. The van der Waals surface area contributed by atoms with Gasteiger partial charge >= 0.3 is 5.97 Å². The molecule has 2 aromatic carbocycles. The number of hydrogen-bond acceptors (Lipinski definition) is 6. The summed E-state index contributed by atoms with van der Waals surface area (Å²) in [5.74, 6) is -0.0838. The van der Waals surface area contributed by atoms with Gasteiger partial charge in [-0.2, -0.15) is 0 Å². The molecule has 4 rings (SSSR count). The monoisotopic (exact) mass is 407 g/mol. The van der Waals surface area contributed by atoms with Gasteiger partial charge in [-0.15, -0.1) is 0 Å². The zero-order valence-electron chi connectivity index (χ0n) is 16.9. The van der Waals surface area contributed by atoms with E-state index in [2.05, 4.69) is 44.2 Å². The average molecular weight is 407 g/mol. The SMILES string of the molecule is COC(=O)C[C@@H]1C[C@@H](COc2ccc(-c3ccc(N4C=NCC4)cc3)cc2)NC1=O. The minimum Gasteiger partial charge on any atom is -0.491 e. The van der Waals surface area contributed by atoms with Gasteiger partial charge < -0.3 is 19.7 Å². The molecule has 1 fully saturated rings. The number of carbonyl (C=O) groups excluding carboxylic acids is 2. The van der Waals surface area contributed by atoms with E-state index in [-0.39, 0.29) is 30.3 Å². The van der Waals surface area contributed by atoms with E-state index in [1.807, 2.05) is 30.6 Å². The van der Waals surface area contributed by atoms with Gasteiger partial charge in [0.05, 0.1) is 38.4 Å². The number of benzene rings is 2. The minimum absolute atomic E-state index is 0.103. The van der Waals surface area contributed by atoms with Gasteiger partial charge in [-0.05, 0) is 41.8 Å². The van der Waals surface area contributed by atoms with Crippen molar-refractivity contribution in [2.45, 2.75) is 18.9 Å². The lowest BCUT2D eigenvalue weighted by molar-refractivity contribution is -0.143. The fourth-order valence-corrected chi connectivity index (χ4v) is 3.76. The minimum atomic E-state index is -0.367. The Kier molecular flexibility index (Phi) is 5.97. The van der Waals surface area contributed by atoms with Crippen LogP contribution in [0.4, 0.5) is 5.69 Å². The maximum atomic E-state index is 12.0. The lowest BCUT2D eigenvalue weighted by Crippen LogP contribution is -2.31. The molecule has 0 bridgehead atoms. The fraction of sp³-hybridized carbons (Fsp3) is 0.348. The molecule has 0 spiro atoms. The van der Waals surface area contributed by atoms with E-state index in [1.54, 1.807) is 0 Å². The van der Waals surface area contributed by atoms with Crippen LogP contribution in [0, 0.1) is 5.92 Å². The molecule has 2 aromatic rings. The highest BCUT2D eigenvalue weighted by molar-refractivity contribution is 5.85. The predicted molar refractivity (Wildman–Crippen MR) is 115 cm³/mol. The lowest BCUT2D eigenvalue weighted by Gasteiger charge is -2.14. The number of nitrogens with zero attached hydrogens (tertiary/aromatic N) is 2. The maximum Gasteiger partial charge on any atom is 0.306 e. The van der Waals surface area contributed by atoms with E-state index in [9.17, 15) is 9.59 Å². The Bertz CT molecular complexity index is 924. The van der Waals surface area contributed by atoms with Gasteiger partial charge in [-0.3, -0.25) is 14.6 Å². The van der Waals surface area contributed by atoms with Crippen molar-refractivity contribution in [1.29, 1.82) is 0 Å². The zero-order chi connectivity index (χ0) is 20.9. The fourth-order valence-electron chi connectivity index (χ4n) is 3.76. The number of esters is 1. The zero-order valence-corrected chi connectivity index (χ0v) is 16.9. The first-order valence-corrected chi connectivity index (χ1v) is 10.1. The van der Waals surface area contributed by atoms with E-state index in [4.69, 9.17) is 4.74 Å². The molecule has 0 radical (unpaired) electrons.